The number of hydrogen-bond donors (Lipinski definition) is 1. The highest BCUT2D eigenvalue weighted by Crippen LogP contribution is 2.15. The highest BCUT2D eigenvalue weighted by atomic mass is 16.5. The van der Waals surface area contributed by atoms with Crippen LogP contribution in [0, 0.1) is 11.3 Å². The number of nitriles is 1. The average molecular weight is 310 g/mol. The molecule has 6 heteroatoms. The number of likely N-dealkylation sites (N-methyl/N-ethyl adjacent to an activating group) is 1. The molecule has 1 heterocycles. The maximum atomic E-state index is 11.5. The number of carbonyl (C=O) groups excluding carboxylic acids is 1. The smallest absolute Gasteiger partial charge is 0.259 e. The first-order valence-electron chi connectivity index (χ1n) is 7.10. The van der Waals surface area contributed by atoms with E-state index in [1.165, 1.54) is 11.1 Å². The molecule has 0 radical (unpaired) electrons. The fourth-order valence-corrected chi connectivity index (χ4v) is 1.78. The number of anilines is 1. The molecule has 1 aromatic heterocycles. The van der Waals surface area contributed by atoms with Gasteiger partial charge in [0.15, 0.2) is 6.61 Å². The molecule has 0 aliphatic rings. The van der Waals surface area contributed by atoms with Crippen LogP contribution in [0.25, 0.3) is 0 Å². The number of hydrogen-bond acceptors (Lipinski definition) is 5. The third-order valence-electron chi connectivity index (χ3n) is 3.13. The Hall–Kier alpha value is -3.07. The Balaban J connectivity index is 1.91. The van der Waals surface area contributed by atoms with Gasteiger partial charge in [-0.2, -0.15) is 5.26 Å². The van der Waals surface area contributed by atoms with Gasteiger partial charge in [0.05, 0.1) is 5.56 Å². The zero-order valence-corrected chi connectivity index (χ0v) is 13.1. The summed E-state index contributed by atoms with van der Waals surface area (Å²) in [6.07, 6.45) is 1.52. The van der Waals surface area contributed by atoms with Gasteiger partial charge < -0.3 is 15.0 Å². The molecule has 1 N–H and O–H groups in total. The number of nitrogens with zero attached hydrogens (tertiary/aromatic N) is 3. The zero-order chi connectivity index (χ0) is 16.7. The molecule has 0 spiro atoms. The summed E-state index contributed by atoms with van der Waals surface area (Å²) in [6, 6.07) is 13.0. The molecule has 2 aromatic rings. The standard InChI is InChI=1S/C17H18N4O2/c1-21(2)17(22)12-23-15-5-3-4-13(8-15)10-19-16-7-6-14(9-18)11-20-16/h3-8,11H,10,12H2,1-2H3,(H,19,20). The fourth-order valence-electron chi connectivity index (χ4n) is 1.78. The Kier molecular flexibility index (Phi) is 5.53. The third-order valence-corrected chi connectivity index (χ3v) is 3.13. The van der Waals surface area contributed by atoms with Crippen LogP contribution in [-0.2, 0) is 11.3 Å². The van der Waals surface area contributed by atoms with E-state index < -0.39 is 0 Å². The number of pyridine rings is 1. The normalized spacial score (nSPS) is 9.78. The highest BCUT2D eigenvalue weighted by Gasteiger charge is 2.05. The van der Waals surface area contributed by atoms with Gasteiger partial charge in [-0.15, -0.1) is 0 Å². The van der Waals surface area contributed by atoms with Gasteiger partial charge >= 0.3 is 0 Å². The Labute approximate surface area is 135 Å². The lowest BCUT2D eigenvalue weighted by Crippen LogP contribution is -2.27. The van der Waals surface area contributed by atoms with E-state index >= 15 is 0 Å². The zero-order valence-electron chi connectivity index (χ0n) is 13.1. The van der Waals surface area contributed by atoms with E-state index in [2.05, 4.69) is 10.3 Å². The molecule has 0 bridgehead atoms. The summed E-state index contributed by atoms with van der Waals surface area (Å²) < 4.78 is 5.48. The van der Waals surface area contributed by atoms with Crippen molar-refractivity contribution in [3.8, 4) is 11.8 Å². The van der Waals surface area contributed by atoms with E-state index in [1.54, 1.807) is 26.2 Å². The molecule has 0 aliphatic carbocycles. The van der Waals surface area contributed by atoms with Crippen molar-refractivity contribution in [2.45, 2.75) is 6.54 Å². The van der Waals surface area contributed by atoms with E-state index in [-0.39, 0.29) is 12.5 Å². The SMILES string of the molecule is CN(C)C(=O)COc1cccc(CNc2ccc(C#N)cn2)c1. The number of carbonyl (C=O) groups is 1. The molecule has 2 rings (SSSR count). The van der Waals surface area contributed by atoms with Gasteiger partial charge in [-0.3, -0.25) is 4.79 Å². The maximum absolute atomic E-state index is 11.5. The molecule has 0 atom stereocenters. The average Bonchev–Trinajstić information content (AvgIpc) is 2.58. The summed E-state index contributed by atoms with van der Waals surface area (Å²) in [7, 11) is 3.38. The van der Waals surface area contributed by atoms with Crippen LogP contribution in [0.1, 0.15) is 11.1 Å². The van der Waals surface area contributed by atoms with E-state index in [1.807, 2.05) is 30.3 Å². The van der Waals surface area contributed by atoms with Gasteiger partial charge in [0.25, 0.3) is 5.91 Å². The molecule has 1 amide bonds. The summed E-state index contributed by atoms with van der Waals surface area (Å²) in [4.78, 5) is 17.2. The summed E-state index contributed by atoms with van der Waals surface area (Å²) >= 11 is 0. The molecule has 118 valence electrons. The van der Waals surface area contributed by atoms with Crippen LogP contribution >= 0.6 is 0 Å². The van der Waals surface area contributed by atoms with Gasteiger partial charge in [-0.1, -0.05) is 12.1 Å². The minimum atomic E-state index is -0.0877. The predicted octanol–water partition coefficient (Wildman–Crippen LogP) is 2.03. The minimum absolute atomic E-state index is 0.0149. The molecule has 1 aromatic carbocycles. The van der Waals surface area contributed by atoms with Crippen LogP contribution in [-0.4, -0.2) is 36.5 Å². The van der Waals surface area contributed by atoms with Gasteiger partial charge in [0, 0.05) is 26.8 Å². The van der Waals surface area contributed by atoms with E-state index in [0.29, 0.717) is 23.7 Å². The number of nitrogens with one attached hydrogen (secondary N) is 1. The van der Waals surface area contributed by atoms with Gasteiger partial charge in [0.1, 0.15) is 17.6 Å². The Morgan fingerprint density at radius 3 is 2.83 bits per heavy atom. The van der Waals surface area contributed by atoms with Gasteiger partial charge in [-0.25, -0.2) is 4.98 Å². The Bertz CT molecular complexity index is 705. The molecular weight excluding hydrogens is 292 g/mol. The first kappa shape index (κ1) is 16.3. The number of ether oxygens (including phenoxy) is 1. The van der Waals surface area contributed by atoms with Crippen LogP contribution in [0.4, 0.5) is 5.82 Å². The van der Waals surface area contributed by atoms with Crippen LogP contribution in [0.3, 0.4) is 0 Å². The van der Waals surface area contributed by atoms with Crippen molar-refractivity contribution in [3.05, 3.63) is 53.7 Å². The second-order valence-electron chi connectivity index (χ2n) is 5.12. The highest BCUT2D eigenvalue weighted by molar-refractivity contribution is 5.77. The predicted molar refractivity (Wildman–Crippen MR) is 86.9 cm³/mol. The van der Waals surface area contributed by atoms with E-state index in [4.69, 9.17) is 10.00 Å². The van der Waals surface area contributed by atoms with Crippen LogP contribution in [0.15, 0.2) is 42.6 Å². The Morgan fingerprint density at radius 2 is 2.17 bits per heavy atom. The van der Waals surface area contributed by atoms with Crippen molar-refractivity contribution in [3.63, 3.8) is 0 Å². The van der Waals surface area contributed by atoms with E-state index in [9.17, 15) is 4.79 Å². The topological polar surface area (TPSA) is 78.2 Å². The van der Waals surface area contributed by atoms with Gasteiger partial charge in [-0.05, 0) is 29.8 Å². The van der Waals surface area contributed by atoms with Crippen molar-refractivity contribution in [2.24, 2.45) is 0 Å². The number of benzene rings is 1. The van der Waals surface area contributed by atoms with Crippen molar-refractivity contribution in [1.82, 2.24) is 9.88 Å². The lowest BCUT2D eigenvalue weighted by molar-refractivity contribution is -0.130. The molecular formula is C17H18N4O2. The molecule has 0 fully saturated rings. The second kappa shape index (κ2) is 7.80. The number of amides is 1. The molecule has 0 aliphatic heterocycles. The monoisotopic (exact) mass is 310 g/mol. The summed E-state index contributed by atoms with van der Waals surface area (Å²) in [5.74, 6) is 1.25. The van der Waals surface area contributed by atoms with Crippen LogP contribution in [0.2, 0.25) is 0 Å². The summed E-state index contributed by atoms with van der Waals surface area (Å²) in [5.41, 5.74) is 1.53. The maximum Gasteiger partial charge on any atom is 0.259 e. The van der Waals surface area contributed by atoms with Crippen molar-refractivity contribution in [2.75, 3.05) is 26.0 Å². The van der Waals surface area contributed by atoms with Crippen molar-refractivity contribution < 1.29 is 9.53 Å². The third kappa shape index (κ3) is 5.00. The summed E-state index contributed by atoms with van der Waals surface area (Å²) in [5, 5.41) is 11.9. The Morgan fingerprint density at radius 1 is 1.35 bits per heavy atom. The number of aromatic nitrogens is 1. The first-order chi connectivity index (χ1) is 11.1. The second-order valence-corrected chi connectivity index (χ2v) is 5.12. The van der Waals surface area contributed by atoms with Gasteiger partial charge in [0.2, 0.25) is 0 Å². The largest absolute Gasteiger partial charge is 0.484 e. The molecule has 6 nitrogen and oxygen atoms in total. The van der Waals surface area contributed by atoms with Crippen LogP contribution in [0.5, 0.6) is 5.75 Å². The van der Waals surface area contributed by atoms with Crippen molar-refractivity contribution in [1.29, 1.82) is 5.26 Å². The van der Waals surface area contributed by atoms with Crippen molar-refractivity contribution >= 4 is 11.7 Å². The number of rotatable bonds is 6. The minimum Gasteiger partial charge on any atom is -0.484 e. The fraction of sp³-hybridized carbons (Fsp3) is 0.235. The lowest BCUT2D eigenvalue weighted by atomic mass is 10.2. The molecule has 0 saturated heterocycles. The quantitative estimate of drug-likeness (QED) is 0.883. The van der Waals surface area contributed by atoms with Crippen LogP contribution < -0.4 is 10.1 Å². The molecule has 0 unspecified atom stereocenters. The van der Waals surface area contributed by atoms with E-state index in [0.717, 1.165) is 5.56 Å². The molecule has 0 saturated carbocycles. The summed E-state index contributed by atoms with van der Waals surface area (Å²) in [6.45, 7) is 0.582. The first-order valence-corrected chi connectivity index (χ1v) is 7.10. The lowest BCUT2D eigenvalue weighted by Gasteiger charge is -2.12. The molecule has 23 heavy (non-hydrogen) atoms.